The molecule has 0 unspecified atom stereocenters. The molecule has 4 nitrogen and oxygen atoms in total. The van der Waals surface area contributed by atoms with E-state index in [4.69, 9.17) is 27.9 Å². The van der Waals surface area contributed by atoms with Crippen LogP contribution in [0.1, 0.15) is 5.56 Å². The Morgan fingerprint density at radius 2 is 2.08 bits per heavy atom. The highest BCUT2D eigenvalue weighted by molar-refractivity contribution is 7.98. The van der Waals surface area contributed by atoms with E-state index in [-0.39, 0.29) is 5.82 Å². The number of aromatic amines is 1. The van der Waals surface area contributed by atoms with Gasteiger partial charge in [-0.3, -0.25) is 5.10 Å². The second kappa shape index (κ2) is 7.42. The molecule has 0 saturated carbocycles. The predicted molar refractivity (Wildman–Crippen MR) is 94.4 cm³/mol. The standard InChI is InChI=1S/C16H12Cl2FN3OS/c1-23-14-6-5-9(17)7-10(14)15-20-16(22-21-15)24-8-11-12(18)3-2-4-13(11)19/h2-7H,8H2,1H3,(H,20,21,22). The minimum Gasteiger partial charge on any atom is -0.496 e. The third-order valence-corrected chi connectivity index (χ3v) is 4.75. The number of methoxy groups -OCH3 is 1. The van der Waals surface area contributed by atoms with Crippen molar-refractivity contribution in [2.45, 2.75) is 10.9 Å². The highest BCUT2D eigenvalue weighted by Crippen LogP contribution is 2.32. The molecule has 0 saturated heterocycles. The van der Waals surface area contributed by atoms with Crippen molar-refractivity contribution in [3.63, 3.8) is 0 Å². The summed E-state index contributed by atoms with van der Waals surface area (Å²) in [5.41, 5.74) is 1.13. The smallest absolute Gasteiger partial charge is 0.209 e. The van der Waals surface area contributed by atoms with Gasteiger partial charge in [-0.1, -0.05) is 41.0 Å². The van der Waals surface area contributed by atoms with Crippen LogP contribution in [-0.4, -0.2) is 22.3 Å². The summed E-state index contributed by atoms with van der Waals surface area (Å²) in [6, 6.07) is 9.83. The molecular weight excluding hydrogens is 372 g/mol. The van der Waals surface area contributed by atoms with Gasteiger partial charge in [0.05, 0.1) is 12.7 Å². The van der Waals surface area contributed by atoms with Crippen LogP contribution >= 0.6 is 35.0 Å². The van der Waals surface area contributed by atoms with Crippen LogP contribution in [0.15, 0.2) is 41.6 Å². The third-order valence-electron chi connectivity index (χ3n) is 3.29. The summed E-state index contributed by atoms with van der Waals surface area (Å²) >= 11 is 13.3. The first kappa shape index (κ1) is 17.1. The molecule has 0 radical (unpaired) electrons. The lowest BCUT2D eigenvalue weighted by Gasteiger charge is -2.05. The monoisotopic (exact) mass is 383 g/mol. The van der Waals surface area contributed by atoms with Crippen molar-refractivity contribution in [1.82, 2.24) is 15.2 Å². The van der Waals surface area contributed by atoms with Gasteiger partial charge >= 0.3 is 0 Å². The Morgan fingerprint density at radius 1 is 1.25 bits per heavy atom. The average molecular weight is 384 g/mol. The largest absolute Gasteiger partial charge is 0.496 e. The van der Waals surface area contributed by atoms with E-state index in [0.29, 0.717) is 43.7 Å². The maximum Gasteiger partial charge on any atom is 0.209 e. The van der Waals surface area contributed by atoms with E-state index in [0.717, 1.165) is 0 Å². The molecule has 24 heavy (non-hydrogen) atoms. The third kappa shape index (κ3) is 3.66. The fraction of sp³-hybridized carbons (Fsp3) is 0.125. The van der Waals surface area contributed by atoms with E-state index in [2.05, 4.69) is 15.2 Å². The Morgan fingerprint density at radius 3 is 2.83 bits per heavy atom. The zero-order valence-corrected chi connectivity index (χ0v) is 14.8. The molecule has 0 aliphatic carbocycles. The number of hydrogen-bond acceptors (Lipinski definition) is 4. The molecule has 1 N–H and O–H groups in total. The summed E-state index contributed by atoms with van der Waals surface area (Å²) in [5, 5.41) is 8.40. The van der Waals surface area contributed by atoms with Gasteiger partial charge in [0.1, 0.15) is 11.6 Å². The molecule has 0 fully saturated rings. The molecule has 0 atom stereocenters. The number of ether oxygens (including phenoxy) is 1. The highest BCUT2D eigenvalue weighted by atomic mass is 35.5. The quantitative estimate of drug-likeness (QED) is 0.613. The minimum absolute atomic E-state index is 0.329. The van der Waals surface area contributed by atoms with Crippen molar-refractivity contribution in [3.05, 3.63) is 57.8 Å². The first-order chi connectivity index (χ1) is 11.6. The summed E-state index contributed by atoms with van der Waals surface area (Å²) in [7, 11) is 1.57. The van der Waals surface area contributed by atoms with Gasteiger partial charge in [-0.25, -0.2) is 9.37 Å². The molecule has 0 aliphatic heterocycles. The van der Waals surface area contributed by atoms with E-state index in [1.54, 1.807) is 37.4 Å². The number of nitrogens with one attached hydrogen (secondary N) is 1. The first-order valence-electron chi connectivity index (χ1n) is 6.90. The Hall–Kier alpha value is -1.76. The Labute approximate surface area is 152 Å². The second-order valence-corrected chi connectivity index (χ2v) is 6.59. The van der Waals surface area contributed by atoms with Gasteiger partial charge in [0.2, 0.25) is 5.16 Å². The lowest BCUT2D eigenvalue weighted by atomic mass is 10.2. The summed E-state index contributed by atoms with van der Waals surface area (Å²) in [5.74, 6) is 1.14. The van der Waals surface area contributed by atoms with Crippen LogP contribution in [0.4, 0.5) is 4.39 Å². The van der Waals surface area contributed by atoms with E-state index in [1.165, 1.54) is 17.8 Å². The van der Waals surface area contributed by atoms with Crippen molar-refractivity contribution in [3.8, 4) is 17.1 Å². The first-order valence-corrected chi connectivity index (χ1v) is 8.64. The van der Waals surface area contributed by atoms with Crippen LogP contribution in [0.25, 0.3) is 11.4 Å². The summed E-state index contributed by atoms with van der Waals surface area (Å²) in [6.07, 6.45) is 0. The van der Waals surface area contributed by atoms with E-state index in [1.807, 2.05) is 0 Å². The molecule has 3 rings (SSSR count). The highest BCUT2D eigenvalue weighted by Gasteiger charge is 2.13. The van der Waals surface area contributed by atoms with Crippen LogP contribution < -0.4 is 4.74 Å². The lowest BCUT2D eigenvalue weighted by molar-refractivity contribution is 0.416. The number of H-pyrrole nitrogens is 1. The van der Waals surface area contributed by atoms with Gasteiger partial charge in [0.15, 0.2) is 5.82 Å². The fourth-order valence-electron chi connectivity index (χ4n) is 2.10. The van der Waals surface area contributed by atoms with Crippen LogP contribution in [0, 0.1) is 5.82 Å². The molecule has 0 amide bonds. The van der Waals surface area contributed by atoms with E-state index in [9.17, 15) is 4.39 Å². The summed E-state index contributed by atoms with van der Waals surface area (Å²) < 4.78 is 19.1. The molecule has 8 heteroatoms. The number of hydrogen-bond donors (Lipinski definition) is 1. The SMILES string of the molecule is COc1ccc(Cl)cc1-c1nc(SCc2c(F)cccc2Cl)n[nH]1. The number of benzene rings is 2. The fourth-order valence-corrected chi connectivity index (χ4v) is 3.42. The van der Waals surface area contributed by atoms with E-state index < -0.39 is 0 Å². The Bertz CT molecular complexity index is 852. The van der Waals surface area contributed by atoms with Gasteiger partial charge in [0, 0.05) is 21.4 Å². The number of halogens is 3. The number of rotatable bonds is 5. The summed E-state index contributed by atoms with van der Waals surface area (Å²) in [6.45, 7) is 0. The van der Waals surface area contributed by atoms with Gasteiger partial charge in [-0.2, -0.15) is 0 Å². The molecule has 0 aliphatic rings. The number of thioether (sulfide) groups is 1. The Kier molecular flexibility index (Phi) is 5.28. The maximum atomic E-state index is 13.8. The normalized spacial score (nSPS) is 10.8. The van der Waals surface area contributed by atoms with Crippen molar-refractivity contribution in [2.75, 3.05) is 7.11 Å². The van der Waals surface area contributed by atoms with Gasteiger partial charge in [0.25, 0.3) is 0 Å². The molecule has 1 heterocycles. The predicted octanol–water partition coefficient (Wildman–Crippen LogP) is 5.22. The minimum atomic E-state index is -0.345. The van der Waals surface area contributed by atoms with Crippen LogP contribution in [-0.2, 0) is 5.75 Å². The molecular formula is C16H12Cl2FN3OS. The maximum absolute atomic E-state index is 13.8. The van der Waals surface area contributed by atoms with Crippen molar-refractivity contribution in [1.29, 1.82) is 0 Å². The zero-order chi connectivity index (χ0) is 17.1. The number of nitrogens with zero attached hydrogens (tertiary/aromatic N) is 2. The van der Waals surface area contributed by atoms with Gasteiger partial charge in [-0.15, -0.1) is 5.10 Å². The summed E-state index contributed by atoms with van der Waals surface area (Å²) in [4.78, 5) is 4.40. The molecule has 0 bridgehead atoms. The second-order valence-electron chi connectivity index (χ2n) is 4.80. The average Bonchev–Trinajstić information content (AvgIpc) is 3.03. The van der Waals surface area contributed by atoms with Crippen LogP contribution in [0.5, 0.6) is 5.75 Å². The van der Waals surface area contributed by atoms with Crippen molar-refractivity contribution in [2.24, 2.45) is 0 Å². The molecule has 0 spiro atoms. The van der Waals surface area contributed by atoms with Crippen molar-refractivity contribution >= 4 is 35.0 Å². The molecule has 2 aromatic carbocycles. The van der Waals surface area contributed by atoms with Gasteiger partial charge < -0.3 is 4.74 Å². The lowest BCUT2D eigenvalue weighted by Crippen LogP contribution is -1.90. The number of aromatic nitrogens is 3. The molecule has 3 aromatic rings. The molecule has 1 aromatic heterocycles. The zero-order valence-electron chi connectivity index (χ0n) is 12.5. The topological polar surface area (TPSA) is 50.8 Å². The van der Waals surface area contributed by atoms with Crippen molar-refractivity contribution < 1.29 is 9.13 Å². The van der Waals surface area contributed by atoms with Gasteiger partial charge in [-0.05, 0) is 30.3 Å². The molecule has 124 valence electrons. The Balaban J connectivity index is 1.80. The van der Waals surface area contributed by atoms with E-state index >= 15 is 0 Å². The van der Waals surface area contributed by atoms with Crippen LogP contribution in [0.3, 0.4) is 0 Å². The van der Waals surface area contributed by atoms with Crippen LogP contribution in [0.2, 0.25) is 10.0 Å².